The number of nitrogens with zero attached hydrogens (tertiary/aromatic N) is 3. The van der Waals surface area contributed by atoms with E-state index in [4.69, 9.17) is 9.47 Å². The molecule has 2 aromatic rings. The van der Waals surface area contributed by atoms with Gasteiger partial charge < -0.3 is 18.9 Å². The van der Waals surface area contributed by atoms with Crippen molar-refractivity contribution in [3.05, 3.63) is 30.1 Å². The SMILES string of the molecule is COc1cc(C)cc(-c2nccn2CC2CCN(CC3CC3)CC2)c1OC. The van der Waals surface area contributed by atoms with Gasteiger partial charge in [0.2, 0.25) is 0 Å². The number of rotatable bonds is 7. The van der Waals surface area contributed by atoms with Gasteiger partial charge in [-0.2, -0.15) is 0 Å². The second-order valence-corrected chi connectivity index (χ2v) is 8.14. The van der Waals surface area contributed by atoms with Gasteiger partial charge in [0.25, 0.3) is 0 Å². The molecular weight excluding hydrogens is 338 g/mol. The highest BCUT2D eigenvalue weighted by molar-refractivity contribution is 5.70. The molecule has 5 nitrogen and oxygen atoms in total. The van der Waals surface area contributed by atoms with Crippen LogP contribution in [-0.4, -0.2) is 48.3 Å². The van der Waals surface area contributed by atoms with Crippen LogP contribution in [0.1, 0.15) is 31.2 Å². The zero-order valence-corrected chi connectivity index (χ0v) is 16.8. The molecule has 0 N–H and O–H groups in total. The monoisotopic (exact) mass is 369 g/mol. The van der Waals surface area contributed by atoms with E-state index in [1.165, 1.54) is 45.3 Å². The van der Waals surface area contributed by atoms with Gasteiger partial charge in [-0.15, -0.1) is 0 Å². The summed E-state index contributed by atoms with van der Waals surface area (Å²) in [7, 11) is 3.38. The van der Waals surface area contributed by atoms with Crippen molar-refractivity contribution >= 4 is 0 Å². The fraction of sp³-hybridized carbons (Fsp3) is 0.591. The Bertz CT molecular complexity index is 774. The van der Waals surface area contributed by atoms with Crippen molar-refractivity contribution in [2.24, 2.45) is 11.8 Å². The van der Waals surface area contributed by atoms with E-state index in [0.717, 1.165) is 40.9 Å². The molecule has 1 aliphatic heterocycles. The van der Waals surface area contributed by atoms with E-state index in [1.54, 1.807) is 14.2 Å². The minimum absolute atomic E-state index is 0.714. The Labute approximate surface area is 162 Å². The zero-order chi connectivity index (χ0) is 18.8. The number of ether oxygens (including phenoxy) is 2. The summed E-state index contributed by atoms with van der Waals surface area (Å²) in [6.45, 7) is 6.91. The second kappa shape index (κ2) is 7.93. The average molecular weight is 370 g/mol. The summed E-state index contributed by atoms with van der Waals surface area (Å²) < 4.78 is 13.5. The van der Waals surface area contributed by atoms with Crippen LogP contribution in [0.3, 0.4) is 0 Å². The molecule has 0 unspecified atom stereocenters. The Morgan fingerprint density at radius 2 is 1.74 bits per heavy atom. The lowest BCUT2D eigenvalue weighted by atomic mass is 9.96. The maximum Gasteiger partial charge on any atom is 0.171 e. The van der Waals surface area contributed by atoms with Crippen LogP contribution in [-0.2, 0) is 6.54 Å². The van der Waals surface area contributed by atoms with Crippen LogP contribution < -0.4 is 9.47 Å². The summed E-state index contributed by atoms with van der Waals surface area (Å²) in [4.78, 5) is 7.32. The molecule has 0 spiro atoms. The van der Waals surface area contributed by atoms with E-state index < -0.39 is 0 Å². The van der Waals surface area contributed by atoms with Crippen LogP contribution in [0.4, 0.5) is 0 Å². The van der Waals surface area contributed by atoms with Gasteiger partial charge in [0, 0.05) is 25.5 Å². The number of hydrogen-bond acceptors (Lipinski definition) is 4. The molecule has 0 bridgehead atoms. The lowest BCUT2D eigenvalue weighted by Crippen LogP contribution is -2.36. The van der Waals surface area contributed by atoms with E-state index >= 15 is 0 Å². The highest BCUT2D eigenvalue weighted by Crippen LogP contribution is 2.39. The highest BCUT2D eigenvalue weighted by Gasteiger charge is 2.27. The number of imidazole rings is 1. The highest BCUT2D eigenvalue weighted by atomic mass is 16.5. The van der Waals surface area contributed by atoms with Crippen molar-refractivity contribution in [1.29, 1.82) is 0 Å². The maximum atomic E-state index is 5.66. The average Bonchev–Trinajstić information content (AvgIpc) is 3.38. The van der Waals surface area contributed by atoms with Gasteiger partial charge in [0.05, 0.1) is 19.8 Å². The van der Waals surface area contributed by atoms with Crippen LogP contribution in [0.2, 0.25) is 0 Å². The third-order valence-electron chi connectivity index (χ3n) is 5.95. The normalized spacial score (nSPS) is 18.6. The summed E-state index contributed by atoms with van der Waals surface area (Å²) in [6.07, 6.45) is 9.43. The minimum Gasteiger partial charge on any atom is -0.493 e. The molecule has 27 heavy (non-hydrogen) atoms. The van der Waals surface area contributed by atoms with Crippen LogP contribution in [0.15, 0.2) is 24.5 Å². The van der Waals surface area contributed by atoms with Gasteiger partial charge in [-0.1, -0.05) is 0 Å². The van der Waals surface area contributed by atoms with Gasteiger partial charge in [0.1, 0.15) is 5.82 Å². The van der Waals surface area contributed by atoms with Gasteiger partial charge in [-0.25, -0.2) is 4.98 Å². The molecule has 0 amide bonds. The van der Waals surface area contributed by atoms with Gasteiger partial charge in [-0.05, 0) is 75.2 Å². The van der Waals surface area contributed by atoms with E-state index in [2.05, 4.69) is 33.6 Å². The van der Waals surface area contributed by atoms with Crippen molar-refractivity contribution in [3.63, 3.8) is 0 Å². The van der Waals surface area contributed by atoms with E-state index in [-0.39, 0.29) is 0 Å². The topological polar surface area (TPSA) is 39.5 Å². The summed E-state index contributed by atoms with van der Waals surface area (Å²) in [5.74, 6) is 4.19. The molecule has 1 aliphatic carbocycles. The molecular formula is C22H31N3O2. The Morgan fingerprint density at radius 3 is 2.41 bits per heavy atom. The van der Waals surface area contributed by atoms with Crippen molar-refractivity contribution in [3.8, 4) is 22.9 Å². The summed E-state index contributed by atoms with van der Waals surface area (Å²) in [5, 5.41) is 0. The Hall–Kier alpha value is -2.01. The number of aromatic nitrogens is 2. The summed E-state index contributed by atoms with van der Waals surface area (Å²) in [5.41, 5.74) is 2.15. The molecule has 4 rings (SSSR count). The predicted molar refractivity (Wildman–Crippen MR) is 107 cm³/mol. The van der Waals surface area contributed by atoms with Gasteiger partial charge >= 0.3 is 0 Å². The predicted octanol–water partition coefficient (Wildman–Crippen LogP) is 4.00. The molecule has 0 atom stereocenters. The molecule has 146 valence electrons. The van der Waals surface area contributed by atoms with Crippen molar-refractivity contribution in [2.45, 2.75) is 39.2 Å². The van der Waals surface area contributed by atoms with E-state index in [1.807, 2.05) is 12.3 Å². The lowest BCUT2D eigenvalue weighted by molar-refractivity contribution is 0.168. The molecule has 1 aromatic heterocycles. The van der Waals surface area contributed by atoms with Gasteiger partial charge in [-0.3, -0.25) is 0 Å². The van der Waals surface area contributed by atoms with Crippen molar-refractivity contribution in [1.82, 2.24) is 14.5 Å². The Balaban J connectivity index is 1.49. The minimum atomic E-state index is 0.714. The molecule has 2 heterocycles. The van der Waals surface area contributed by atoms with Crippen LogP contribution in [0.5, 0.6) is 11.5 Å². The number of hydrogen-bond donors (Lipinski definition) is 0. The third-order valence-corrected chi connectivity index (χ3v) is 5.95. The van der Waals surface area contributed by atoms with E-state index in [9.17, 15) is 0 Å². The van der Waals surface area contributed by atoms with Gasteiger partial charge in [0.15, 0.2) is 11.5 Å². The first kappa shape index (κ1) is 18.4. The molecule has 1 saturated carbocycles. The Morgan fingerprint density at radius 1 is 1.00 bits per heavy atom. The molecule has 5 heteroatoms. The first-order valence-electron chi connectivity index (χ1n) is 10.1. The fourth-order valence-electron chi connectivity index (χ4n) is 4.26. The number of likely N-dealkylation sites (tertiary alicyclic amines) is 1. The fourth-order valence-corrected chi connectivity index (χ4v) is 4.26. The molecule has 0 radical (unpaired) electrons. The Kier molecular flexibility index (Phi) is 5.39. The van der Waals surface area contributed by atoms with Crippen LogP contribution in [0, 0.1) is 18.8 Å². The van der Waals surface area contributed by atoms with E-state index in [0.29, 0.717) is 5.92 Å². The van der Waals surface area contributed by atoms with Crippen LogP contribution in [0.25, 0.3) is 11.4 Å². The number of benzene rings is 1. The van der Waals surface area contributed by atoms with Crippen LogP contribution >= 0.6 is 0 Å². The number of aryl methyl sites for hydroxylation is 1. The van der Waals surface area contributed by atoms with Crippen molar-refractivity contribution < 1.29 is 9.47 Å². The summed E-state index contributed by atoms with van der Waals surface area (Å²) >= 11 is 0. The third kappa shape index (κ3) is 4.13. The second-order valence-electron chi connectivity index (χ2n) is 8.14. The zero-order valence-electron chi connectivity index (χ0n) is 16.8. The standard InChI is InChI=1S/C22H31N3O2/c1-16-12-19(21(27-3)20(13-16)26-2)22-23-8-11-25(22)15-18-6-9-24(10-7-18)14-17-4-5-17/h8,11-13,17-18H,4-7,9-10,14-15H2,1-3H3. The quantitative estimate of drug-likeness (QED) is 0.740. The maximum absolute atomic E-state index is 5.66. The smallest absolute Gasteiger partial charge is 0.171 e. The summed E-state index contributed by atoms with van der Waals surface area (Å²) in [6, 6.07) is 4.14. The molecule has 1 saturated heterocycles. The molecule has 1 aromatic carbocycles. The number of piperidine rings is 1. The first-order valence-corrected chi connectivity index (χ1v) is 10.1. The lowest BCUT2D eigenvalue weighted by Gasteiger charge is -2.32. The molecule has 2 fully saturated rings. The largest absolute Gasteiger partial charge is 0.493 e. The van der Waals surface area contributed by atoms with Crippen molar-refractivity contribution in [2.75, 3.05) is 33.9 Å². The first-order chi connectivity index (χ1) is 13.2. The number of methoxy groups -OCH3 is 2. The molecule has 2 aliphatic rings.